The summed E-state index contributed by atoms with van der Waals surface area (Å²) in [5.74, 6) is 0.0985. The maximum atomic E-state index is 11.4. The summed E-state index contributed by atoms with van der Waals surface area (Å²) in [5, 5.41) is 2.84. The van der Waals surface area contributed by atoms with Crippen molar-refractivity contribution in [2.24, 2.45) is 5.73 Å². The molecule has 19 heavy (non-hydrogen) atoms. The van der Waals surface area contributed by atoms with Crippen molar-refractivity contribution in [1.82, 2.24) is 5.32 Å². The van der Waals surface area contributed by atoms with Gasteiger partial charge in [0, 0.05) is 24.3 Å². The summed E-state index contributed by atoms with van der Waals surface area (Å²) in [6.07, 6.45) is 4.62. The van der Waals surface area contributed by atoms with E-state index in [1.165, 1.54) is 18.4 Å². The molecule has 1 saturated heterocycles. The van der Waals surface area contributed by atoms with E-state index in [-0.39, 0.29) is 11.4 Å². The lowest BCUT2D eigenvalue weighted by Gasteiger charge is -2.30. The van der Waals surface area contributed by atoms with E-state index in [0.29, 0.717) is 6.54 Å². The largest absolute Gasteiger partial charge is 0.360 e. The maximum absolute atomic E-state index is 11.4. The standard InChI is InChI=1S/C15H21N3O/c16-15(7-1-2-8-15)12-3-5-13(6-4-12)18-10-9-17-14(19)11-18/h3-6H,1-2,7-11,16H2,(H,17,19). The SMILES string of the molecule is NC1(c2ccc(N3CCNC(=O)C3)cc2)CCCC1. The highest BCUT2D eigenvalue weighted by Crippen LogP contribution is 2.36. The van der Waals surface area contributed by atoms with E-state index in [2.05, 4.69) is 34.5 Å². The highest BCUT2D eigenvalue weighted by Gasteiger charge is 2.31. The zero-order valence-corrected chi connectivity index (χ0v) is 11.2. The molecule has 0 aromatic heterocycles. The van der Waals surface area contributed by atoms with Gasteiger partial charge in [-0.25, -0.2) is 0 Å². The number of hydrogen-bond acceptors (Lipinski definition) is 3. The summed E-state index contributed by atoms with van der Waals surface area (Å²) in [7, 11) is 0. The maximum Gasteiger partial charge on any atom is 0.239 e. The summed E-state index contributed by atoms with van der Waals surface area (Å²) in [4.78, 5) is 13.5. The van der Waals surface area contributed by atoms with Crippen LogP contribution in [0.15, 0.2) is 24.3 Å². The molecule has 1 heterocycles. The van der Waals surface area contributed by atoms with E-state index in [0.717, 1.165) is 31.6 Å². The molecule has 1 aliphatic carbocycles. The molecular weight excluding hydrogens is 238 g/mol. The number of carbonyl (C=O) groups is 1. The lowest BCUT2D eigenvalue weighted by atomic mass is 9.89. The van der Waals surface area contributed by atoms with Crippen LogP contribution in [-0.2, 0) is 10.3 Å². The minimum Gasteiger partial charge on any atom is -0.360 e. The van der Waals surface area contributed by atoms with Gasteiger partial charge < -0.3 is 16.0 Å². The molecule has 0 spiro atoms. The molecule has 1 aliphatic heterocycles. The Morgan fingerprint density at radius 3 is 2.47 bits per heavy atom. The van der Waals surface area contributed by atoms with Crippen molar-refractivity contribution in [2.75, 3.05) is 24.5 Å². The monoisotopic (exact) mass is 259 g/mol. The van der Waals surface area contributed by atoms with Gasteiger partial charge >= 0.3 is 0 Å². The van der Waals surface area contributed by atoms with Crippen LogP contribution in [0.25, 0.3) is 0 Å². The number of hydrogen-bond donors (Lipinski definition) is 2. The zero-order valence-electron chi connectivity index (χ0n) is 11.2. The molecule has 4 nitrogen and oxygen atoms in total. The number of anilines is 1. The normalized spacial score (nSPS) is 22.4. The summed E-state index contributed by atoms with van der Waals surface area (Å²) >= 11 is 0. The number of rotatable bonds is 2. The van der Waals surface area contributed by atoms with E-state index in [9.17, 15) is 4.79 Å². The van der Waals surface area contributed by atoms with Crippen LogP contribution in [0, 0.1) is 0 Å². The summed E-state index contributed by atoms with van der Waals surface area (Å²) in [5.41, 5.74) is 8.67. The van der Waals surface area contributed by atoms with E-state index in [1.54, 1.807) is 0 Å². The Kier molecular flexibility index (Phi) is 3.19. The van der Waals surface area contributed by atoms with Gasteiger partial charge in [0.15, 0.2) is 0 Å². The van der Waals surface area contributed by atoms with Crippen molar-refractivity contribution >= 4 is 11.6 Å². The summed E-state index contributed by atoms with van der Waals surface area (Å²) in [6.45, 7) is 2.05. The Labute approximate surface area is 114 Å². The van der Waals surface area contributed by atoms with Crippen LogP contribution >= 0.6 is 0 Å². The predicted octanol–water partition coefficient (Wildman–Crippen LogP) is 1.35. The molecule has 3 N–H and O–H groups in total. The van der Waals surface area contributed by atoms with Crippen LogP contribution in [0.2, 0.25) is 0 Å². The second kappa shape index (κ2) is 4.85. The molecule has 102 valence electrons. The van der Waals surface area contributed by atoms with Gasteiger partial charge in [0.25, 0.3) is 0 Å². The number of benzene rings is 1. The predicted molar refractivity (Wildman–Crippen MR) is 76.0 cm³/mol. The fourth-order valence-electron chi connectivity index (χ4n) is 3.16. The van der Waals surface area contributed by atoms with Crippen molar-refractivity contribution in [3.8, 4) is 0 Å². The number of nitrogens with one attached hydrogen (secondary N) is 1. The van der Waals surface area contributed by atoms with E-state index in [4.69, 9.17) is 5.73 Å². The van der Waals surface area contributed by atoms with Crippen LogP contribution in [0.3, 0.4) is 0 Å². The van der Waals surface area contributed by atoms with Gasteiger partial charge in [-0.05, 0) is 30.5 Å². The Morgan fingerprint density at radius 2 is 1.84 bits per heavy atom. The first-order chi connectivity index (χ1) is 9.17. The first kappa shape index (κ1) is 12.5. The number of nitrogens with two attached hydrogens (primary N) is 1. The fraction of sp³-hybridized carbons (Fsp3) is 0.533. The number of carbonyl (C=O) groups excluding carboxylic acids is 1. The number of piperazine rings is 1. The molecular formula is C15H21N3O. The lowest BCUT2D eigenvalue weighted by Crippen LogP contribution is -2.47. The molecule has 0 radical (unpaired) electrons. The molecule has 2 aliphatic rings. The second-order valence-electron chi connectivity index (χ2n) is 5.68. The first-order valence-electron chi connectivity index (χ1n) is 7.08. The number of amides is 1. The summed E-state index contributed by atoms with van der Waals surface area (Å²) in [6, 6.07) is 8.46. The van der Waals surface area contributed by atoms with E-state index >= 15 is 0 Å². The molecule has 1 aromatic rings. The quantitative estimate of drug-likeness (QED) is 0.843. The summed E-state index contributed by atoms with van der Waals surface area (Å²) < 4.78 is 0. The van der Waals surface area contributed by atoms with Gasteiger partial charge in [-0.3, -0.25) is 4.79 Å². The van der Waals surface area contributed by atoms with E-state index in [1.807, 2.05) is 0 Å². The molecule has 4 heteroatoms. The van der Waals surface area contributed by atoms with Crippen molar-refractivity contribution in [3.63, 3.8) is 0 Å². The number of nitrogens with zero attached hydrogens (tertiary/aromatic N) is 1. The minimum absolute atomic E-state index is 0.0985. The Balaban J connectivity index is 1.77. The minimum atomic E-state index is -0.127. The Morgan fingerprint density at radius 1 is 1.16 bits per heavy atom. The molecule has 2 fully saturated rings. The topological polar surface area (TPSA) is 58.4 Å². The van der Waals surface area contributed by atoms with Crippen molar-refractivity contribution in [3.05, 3.63) is 29.8 Å². The third kappa shape index (κ3) is 2.45. The second-order valence-corrected chi connectivity index (χ2v) is 5.68. The fourth-order valence-corrected chi connectivity index (χ4v) is 3.16. The van der Waals surface area contributed by atoms with Gasteiger partial charge in [-0.2, -0.15) is 0 Å². The molecule has 1 amide bonds. The average molecular weight is 259 g/mol. The van der Waals surface area contributed by atoms with Crippen LogP contribution < -0.4 is 16.0 Å². The third-order valence-electron chi connectivity index (χ3n) is 4.34. The Hall–Kier alpha value is -1.55. The Bertz CT molecular complexity index is 463. The van der Waals surface area contributed by atoms with Crippen molar-refractivity contribution in [1.29, 1.82) is 0 Å². The third-order valence-corrected chi connectivity index (χ3v) is 4.34. The zero-order chi connectivity index (χ0) is 13.3. The molecule has 0 atom stereocenters. The molecule has 3 rings (SSSR count). The molecule has 1 saturated carbocycles. The smallest absolute Gasteiger partial charge is 0.239 e. The van der Waals surface area contributed by atoms with Crippen LogP contribution in [0.4, 0.5) is 5.69 Å². The van der Waals surface area contributed by atoms with Gasteiger partial charge in [0.2, 0.25) is 5.91 Å². The van der Waals surface area contributed by atoms with Gasteiger partial charge in [0.05, 0.1) is 6.54 Å². The van der Waals surface area contributed by atoms with Crippen molar-refractivity contribution in [2.45, 2.75) is 31.2 Å². The molecule has 1 aromatic carbocycles. The van der Waals surface area contributed by atoms with Gasteiger partial charge in [-0.15, -0.1) is 0 Å². The van der Waals surface area contributed by atoms with Crippen molar-refractivity contribution < 1.29 is 4.79 Å². The lowest BCUT2D eigenvalue weighted by molar-refractivity contribution is -0.120. The molecule has 0 bridgehead atoms. The highest BCUT2D eigenvalue weighted by atomic mass is 16.2. The molecule has 0 unspecified atom stereocenters. The van der Waals surface area contributed by atoms with Crippen LogP contribution in [0.5, 0.6) is 0 Å². The highest BCUT2D eigenvalue weighted by molar-refractivity contribution is 5.82. The van der Waals surface area contributed by atoms with Gasteiger partial charge in [0.1, 0.15) is 0 Å². The average Bonchev–Trinajstić information content (AvgIpc) is 2.87. The van der Waals surface area contributed by atoms with Crippen LogP contribution in [-0.4, -0.2) is 25.5 Å². The van der Waals surface area contributed by atoms with E-state index < -0.39 is 0 Å². The van der Waals surface area contributed by atoms with Gasteiger partial charge in [-0.1, -0.05) is 25.0 Å². The first-order valence-corrected chi connectivity index (χ1v) is 7.08. The van der Waals surface area contributed by atoms with Crippen LogP contribution in [0.1, 0.15) is 31.2 Å².